The van der Waals surface area contributed by atoms with Gasteiger partial charge in [-0.1, -0.05) is 65.9 Å². The molecule has 1 atom stereocenters. The first-order chi connectivity index (χ1) is 15.7. The number of nitrogens with zero attached hydrogens (tertiary/aromatic N) is 5. The standard InChI is InChI=1S/C23H18N6O2S/c30-20-11-5-4-10-17(20)19-13-18(16-9-6-12-24-14-16)28-29(19)23(31)25-22-27-26-21(32-22)15-7-2-1-3-8-15/h1-12,14,19,30H,13H2,(H,25,27,31). The molecule has 1 unspecified atom stereocenters. The molecule has 1 aliphatic heterocycles. The molecule has 8 nitrogen and oxygen atoms in total. The van der Waals surface area contributed by atoms with Gasteiger partial charge < -0.3 is 5.11 Å². The quantitative estimate of drug-likeness (QED) is 0.477. The fraction of sp³-hybridized carbons (Fsp3) is 0.0870. The van der Waals surface area contributed by atoms with Crippen LogP contribution in [-0.4, -0.2) is 37.0 Å². The molecular formula is C23H18N6O2S. The summed E-state index contributed by atoms with van der Waals surface area (Å²) in [7, 11) is 0. The maximum Gasteiger partial charge on any atom is 0.344 e. The Labute approximate surface area is 187 Å². The molecule has 9 heteroatoms. The molecule has 2 aromatic heterocycles. The first kappa shape index (κ1) is 19.8. The minimum atomic E-state index is -0.465. The maximum absolute atomic E-state index is 13.2. The number of phenolic OH excluding ortho intramolecular Hbond substituents is 1. The number of benzene rings is 2. The molecule has 0 saturated heterocycles. The molecule has 3 heterocycles. The molecule has 0 bridgehead atoms. The zero-order valence-electron chi connectivity index (χ0n) is 16.8. The second-order valence-corrected chi connectivity index (χ2v) is 8.10. The van der Waals surface area contributed by atoms with Crippen molar-refractivity contribution in [3.05, 3.63) is 90.3 Å². The van der Waals surface area contributed by atoms with Crippen LogP contribution in [0.5, 0.6) is 5.75 Å². The number of amides is 2. The van der Waals surface area contributed by atoms with Crippen molar-refractivity contribution in [2.75, 3.05) is 5.32 Å². The van der Waals surface area contributed by atoms with E-state index in [0.29, 0.717) is 27.8 Å². The number of phenols is 1. The van der Waals surface area contributed by atoms with E-state index in [1.807, 2.05) is 48.5 Å². The lowest BCUT2D eigenvalue weighted by Crippen LogP contribution is -2.31. The zero-order valence-corrected chi connectivity index (χ0v) is 17.6. The third-order valence-corrected chi connectivity index (χ3v) is 5.96. The number of aromatic hydroxyl groups is 1. The van der Waals surface area contributed by atoms with Gasteiger partial charge in [-0.05, 0) is 12.1 Å². The van der Waals surface area contributed by atoms with Crippen LogP contribution in [0.25, 0.3) is 10.6 Å². The van der Waals surface area contributed by atoms with Gasteiger partial charge in [0.05, 0.1) is 11.8 Å². The summed E-state index contributed by atoms with van der Waals surface area (Å²) in [6.45, 7) is 0. The second-order valence-electron chi connectivity index (χ2n) is 7.12. The van der Waals surface area contributed by atoms with Crippen molar-refractivity contribution in [3.63, 3.8) is 0 Å². The number of nitrogens with one attached hydrogen (secondary N) is 1. The summed E-state index contributed by atoms with van der Waals surface area (Å²) in [6, 6.07) is 19.4. The van der Waals surface area contributed by atoms with Gasteiger partial charge in [-0.15, -0.1) is 10.2 Å². The molecule has 2 aromatic carbocycles. The highest BCUT2D eigenvalue weighted by Crippen LogP contribution is 2.37. The molecule has 2 amide bonds. The average molecular weight is 443 g/mol. The van der Waals surface area contributed by atoms with E-state index in [4.69, 9.17) is 0 Å². The third kappa shape index (κ3) is 3.93. The molecule has 0 aliphatic carbocycles. The highest BCUT2D eigenvalue weighted by molar-refractivity contribution is 7.18. The molecule has 0 saturated carbocycles. The predicted octanol–water partition coefficient (Wildman–Crippen LogP) is 4.69. The number of carbonyl (C=O) groups is 1. The predicted molar refractivity (Wildman–Crippen MR) is 122 cm³/mol. The van der Waals surface area contributed by atoms with Crippen molar-refractivity contribution in [2.45, 2.75) is 12.5 Å². The molecule has 0 spiro atoms. The van der Waals surface area contributed by atoms with Crippen molar-refractivity contribution < 1.29 is 9.90 Å². The van der Waals surface area contributed by atoms with E-state index >= 15 is 0 Å². The molecular weight excluding hydrogens is 424 g/mol. The molecule has 2 N–H and O–H groups in total. The number of para-hydroxylation sites is 1. The van der Waals surface area contributed by atoms with Crippen LogP contribution in [0.15, 0.2) is 84.2 Å². The van der Waals surface area contributed by atoms with Crippen molar-refractivity contribution in [2.24, 2.45) is 5.10 Å². The normalized spacial score (nSPS) is 15.4. The fourth-order valence-corrected chi connectivity index (χ4v) is 4.28. The lowest BCUT2D eigenvalue weighted by molar-refractivity contribution is 0.199. The van der Waals surface area contributed by atoms with E-state index in [9.17, 15) is 9.90 Å². The highest BCUT2D eigenvalue weighted by Gasteiger charge is 2.35. The van der Waals surface area contributed by atoms with Crippen LogP contribution in [0.3, 0.4) is 0 Å². The van der Waals surface area contributed by atoms with Crippen molar-refractivity contribution in [3.8, 4) is 16.3 Å². The number of hydrogen-bond donors (Lipinski definition) is 2. The summed E-state index contributed by atoms with van der Waals surface area (Å²) in [5.74, 6) is 0.111. The number of hydrazone groups is 1. The number of aromatic nitrogens is 3. The Morgan fingerprint density at radius 2 is 1.78 bits per heavy atom. The van der Waals surface area contributed by atoms with Gasteiger partial charge in [0, 0.05) is 35.5 Å². The van der Waals surface area contributed by atoms with Gasteiger partial charge in [-0.25, -0.2) is 9.80 Å². The van der Waals surface area contributed by atoms with Crippen LogP contribution in [0, 0.1) is 0 Å². The number of anilines is 1. The second kappa shape index (κ2) is 8.56. The number of hydrogen-bond acceptors (Lipinski definition) is 7. The summed E-state index contributed by atoms with van der Waals surface area (Å²) in [5, 5.41) is 28.5. The highest BCUT2D eigenvalue weighted by atomic mass is 32.1. The zero-order chi connectivity index (χ0) is 21.9. The summed E-state index contributed by atoms with van der Waals surface area (Å²) in [5.41, 5.74) is 3.08. The fourth-order valence-electron chi connectivity index (χ4n) is 3.54. The lowest BCUT2D eigenvalue weighted by Gasteiger charge is -2.22. The Hall–Kier alpha value is -4.11. The number of pyridine rings is 1. The van der Waals surface area contributed by atoms with E-state index < -0.39 is 12.1 Å². The van der Waals surface area contributed by atoms with Crippen LogP contribution in [0.2, 0.25) is 0 Å². The van der Waals surface area contributed by atoms with E-state index in [0.717, 1.165) is 11.1 Å². The first-order valence-electron chi connectivity index (χ1n) is 9.94. The van der Waals surface area contributed by atoms with Gasteiger partial charge in [0.1, 0.15) is 10.8 Å². The Bertz CT molecular complexity index is 1280. The monoisotopic (exact) mass is 442 g/mol. The molecule has 5 rings (SSSR count). The van der Waals surface area contributed by atoms with Crippen molar-refractivity contribution in [1.29, 1.82) is 0 Å². The summed E-state index contributed by atoms with van der Waals surface area (Å²) >= 11 is 1.28. The third-order valence-electron chi connectivity index (χ3n) is 5.07. The number of rotatable bonds is 4. The maximum atomic E-state index is 13.2. The van der Waals surface area contributed by atoms with Gasteiger partial charge in [0.2, 0.25) is 5.13 Å². The van der Waals surface area contributed by atoms with E-state index in [1.165, 1.54) is 16.3 Å². The smallest absolute Gasteiger partial charge is 0.344 e. The molecule has 158 valence electrons. The topological polar surface area (TPSA) is 104 Å². The Morgan fingerprint density at radius 3 is 2.56 bits per heavy atom. The molecule has 32 heavy (non-hydrogen) atoms. The van der Waals surface area contributed by atoms with Gasteiger partial charge in [-0.3, -0.25) is 10.3 Å². The van der Waals surface area contributed by atoms with Crippen molar-refractivity contribution >= 4 is 28.2 Å². The van der Waals surface area contributed by atoms with Gasteiger partial charge in [0.15, 0.2) is 0 Å². The molecule has 4 aromatic rings. The number of carbonyl (C=O) groups excluding carboxylic acids is 1. The van der Waals surface area contributed by atoms with Crippen LogP contribution in [0.4, 0.5) is 9.93 Å². The van der Waals surface area contributed by atoms with Crippen molar-refractivity contribution in [1.82, 2.24) is 20.2 Å². The minimum Gasteiger partial charge on any atom is -0.508 e. The van der Waals surface area contributed by atoms with E-state index in [-0.39, 0.29) is 5.75 Å². The Kier molecular flexibility index (Phi) is 5.30. The Balaban J connectivity index is 1.43. The lowest BCUT2D eigenvalue weighted by atomic mass is 9.98. The summed E-state index contributed by atoms with van der Waals surface area (Å²) in [6.07, 6.45) is 3.84. The van der Waals surface area contributed by atoms with Crippen LogP contribution in [0.1, 0.15) is 23.6 Å². The van der Waals surface area contributed by atoms with E-state index in [1.54, 1.807) is 30.6 Å². The number of urea groups is 1. The van der Waals surface area contributed by atoms with Gasteiger partial charge in [0.25, 0.3) is 0 Å². The SMILES string of the molecule is O=C(Nc1nnc(-c2ccccc2)s1)N1N=C(c2cccnc2)CC1c1ccccc1O. The Morgan fingerprint density at radius 1 is 1.00 bits per heavy atom. The van der Waals surface area contributed by atoms with Gasteiger partial charge >= 0.3 is 6.03 Å². The summed E-state index contributed by atoms with van der Waals surface area (Å²) in [4.78, 5) is 17.3. The van der Waals surface area contributed by atoms with Gasteiger partial charge in [-0.2, -0.15) is 5.10 Å². The summed E-state index contributed by atoms with van der Waals surface area (Å²) < 4.78 is 0. The first-order valence-corrected chi connectivity index (χ1v) is 10.8. The average Bonchev–Trinajstić information content (AvgIpc) is 3.48. The molecule has 0 radical (unpaired) electrons. The largest absolute Gasteiger partial charge is 0.508 e. The molecule has 1 aliphatic rings. The minimum absolute atomic E-state index is 0.111. The molecule has 0 fully saturated rings. The van der Waals surface area contributed by atoms with Crippen LogP contribution < -0.4 is 5.32 Å². The van der Waals surface area contributed by atoms with Crippen LogP contribution >= 0.6 is 11.3 Å². The van der Waals surface area contributed by atoms with E-state index in [2.05, 4.69) is 25.6 Å². The van der Waals surface area contributed by atoms with Crippen LogP contribution in [-0.2, 0) is 0 Å².